The minimum Gasteiger partial charge on any atom is -0.461 e. The maximum Gasteiger partial charge on any atom is 0.254 e. The second-order valence-corrected chi connectivity index (χ2v) is 6.18. The predicted molar refractivity (Wildman–Crippen MR) is 102 cm³/mol. The molecule has 1 N–H and O–H groups in total. The molecule has 0 aliphatic rings. The van der Waals surface area contributed by atoms with Crippen LogP contribution >= 0.6 is 0 Å². The molecule has 0 aliphatic heterocycles. The Labute approximate surface area is 160 Å². The summed E-state index contributed by atoms with van der Waals surface area (Å²) in [6.45, 7) is 0.370. The number of furan rings is 1. The zero-order valence-corrected chi connectivity index (χ0v) is 14.9. The van der Waals surface area contributed by atoms with Gasteiger partial charge in [-0.1, -0.05) is 42.5 Å². The number of nitrogens with one attached hydrogen (secondary N) is 1. The van der Waals surface area contributed by atoms with Crippen LogP contribution in [0.25, 0.3) is 11.6 Å². The number of anilines is 1. The third kappa shape index (κ3) is 3.98. The number of carbonyl (C=O) groups excluding carboxylic acids is 1. The van der Waals surface area contributed by atoms with Crippen molar-refractivity contribution in [3.8, 4) is 11.6 Å². The molecule has 28 heavy (non-hydrogen) atoms. The van der Waals surface area contributed by atoms with Gasteiger partial charge >= 0.3 is 0 Å². The molecular formula is C21H17FN4O2. The molecule has 0 saturated carbocycles. The second kappa shape index (κ2) is 7.87. The Hall–Kier alpha value is -3.74. The quantitative estimate of drug-likeness (QED) is 0.547. The smallest absolute Gasteiger partial charge is 0.254 e. The molecule has 2 heterocycles. The van der Waals surface area contributed by atoms with Gasteiger partial charge in [0.1, 0.15) is 5.82 Å². The highest BCUT2D eigenvalue weighted by Gasteiger charge is 2.18. The van der Waals surface area contributed by atoms with Crippen molar-refractivity contribution in [3.05, 3.63) is 89.9 Å². The van der Waals surface area contributed by atoms with E-state index >= 15 is 0 Å². The summed E-state index contributed by atoms with van der Waals surface area (Å²) < 4.78 is 19.7. The van der Waals surface area contributed by atoms with Gasteiger partial charge in [0.05, 0.1) is 12.7 Å². The van der Waals surface area contributed by atoms with Crippen molar-refractivity contribution in [1.29, 1.82) is 0 Å². The summed E-state index contributed by atoms with van der Waals surface area (Å²) in [7, 11) is 0. The molecular weight excluding hydrogens is 359 g/mol. The zero-order chi connectivity index (χ0) is 19.3. The van der Waals surface area contributed by atoms with Crippen molar-refractivity contribution >= 4 is 11.9 Å². The summed E-state index contributed by atoms with van der Waals surface area (Å²) in [6, 6.07) is 19.0. The highest BCUT2D eigenvalue weighted by atomic mass is 19.1. The second-order valence-electron chi connectivity index (χ2n) is 6.18. The summed E-state index contributed by atoms with van der Waals surface area (Å²) in [5.74, 6) is 0.559. The molecule has 7 heteroatoms. The van der Waals surface area contributed by atoms with Crippen molar-refractivity contribution < 1.29 is 13.6 Å². The third-order valence-electron chi connectivity index (χ3n) is 4.15. The van der Waals surface area contributed by atoms with Gasteiger partial charge in [0.25, 0.3) is 5.91 Å². The van der Waals surface area contributed by atoms with Gasteiger partial charge in [0.2, 0.25) is 11.8 Å². The van der Waals surface area contributed by atoms with Crippen LogP contribution in [0.15, 0.2) is 77.4 Å². The highest BCUT2D eigenvalue weighted by Crippen LogP contribution is 2.19. The molecule has 0 atom stereocenters. The lowest BCUT2D eigenvalue weighted by Crippen LogP contribution is -2.18. The molecule has 4 aromatic rings. The molecule has 4 rings (SSSR count). The molecule has 0 amide bonds. The van der Waals surface area contributed by atoms with E-state index in [9.17, 15) is 9.18 Å². The molecule has 2 aromatic heterocycles. The summed E-state index contributed by atoms with van der Waals surface area (Å²) in [5.41, 5.74) is 1.73. The van der Waals surface area contributed by atoms with Gasteiger partial charge in [-0.25, -0.2) is 4.39 Å². The monoisotopic (exact) mass is 376 g/mol. The fourth-order valence-corrected chi connectivity index (χ4v) is 2.74. The highest BCUT2D eigenvalue weighted by molar-refractivity contribution is 5.83. The van der Waals surface area contributed by atoms with Crippen molar-refractivity contribution in [3.63, 3.8) is 0 Å². The molecule has 6 nitrogen and oxygen atoms in total. The molecule has 0 fully saturated rings. The minimum absolute atomic E-state index is 0.188. The predicted octanol–water partition coefficient (Wildman–Crippen LogP) is 4.17. The average Bonchev–Trinajstić information content (AvgIpc) is 3.38. The Balaban J connectivity index is 1.59. The van der Waals surface area contributed by atoms with Crippen LogP contribution in [0.5, 0.6) is 0 Å². The SMILES string of the molecule is O=C(Cc1ccccc1)n1nc(-c2ccco2)nc1NCc1ccc(F)cc1. The number of benzene rings is 2. The number of nitrogens with zero attached hydrogens (tertiary/aromatic N) is 3. The first-order valence-corrected chi connectivity index (χ1v) is 8.75. The van der Waals surface area contributed by atoms with E-state index < -0.39 is 0 Å². The molecule has 0 saturated heterocycles. The number of hydrogen-bond acceptors (Lipinski definition) is 5. The van der Waals surface area contributed by atoms with Crippen molar-refractivity contribution in [2.45, 2.75) is 13.0 Å². The maximum atomic E-state index is 13.1. The summed E-state index contributed by atoms with van der Waals surface area (Å²) in [6.07, 6.45) is 1.71. The van der Waals surface area contributed by atoms with Gasteiger partial charge < -0.3 is 9.73 Å². The van der Waals surface area contributed by atoms with Crippen LogP contribution in [0.2, 0.25) is 0 Å². The van der Waals surface area contributed by atoms with Crippen LogP contribution in [0.1, 0.15) is 15.9 Å². The Morgan fingerprint density at radius 3 is 2.50 bits per heavy atom. The number of rotatable bonds is 6. The molecule has 0 unspecified atom stereocenters. The van der Waals surface area contributed by atoms with Crippen LogP contribution in [-0.2, 0) is 13.0 Å². The number of carbonyl (C=O) groups is 1. The van der Waals surface area contributed by atoms with Gasteiger partial charge in [0.15, 0.2) is 5.76 Å². The molecule has 0 aliphatic carbocycles. The van der Waals surface area contributed by atoms with Crippen molar-refractivity contribution in [2.75, 3.05) is 5.32 Å². The minimum atomic E-state index is -0.301. The first-order valence-electron chi connectivity index (χ1n) is 8.75. The van der Waals surface area contributed by atoms with E-state index in [-0.39, 0.29) is 18.1 Å². The molecule has 0 spiro atoms. The van der Waals surface area contributed by atoms with Crippen LogP contribution in [0.3, 0.4) is 0 Å². The lowest BCUT2D eigenvalue weighted by atomic mass is 10.1. The van der Waals surface area contributed by atoms with Gasteiger partial charge in [-0.15, -0.1) is 5.10 Å². The first kappa shape index (κ1) is 17.7. The lowest BCUT2D eigenvalue weighted by molar-refractivity contribution is 0.0901. The van der Waals surface area contributed by atoms with E-state index in [4.69, 9.17) is 4.42 Å². The van der Waals surface area contributed by atoms with E-state index in [0.717, 1.165) is 11.1 Å². The Morgan fingerprint density at radius 1 is 1.00 bits per heavy atom. The lowest BCUT2D eigenvalue weighted by Gasteiger charge is -2.07. The average molecular weight is 376 g/mol. The van der Waals surface area contributed by atoms with Gasteiger partial charge in [-0.3, -0.25) is 4.79 Å². The van der Waals surface area contributed by atoms with Crippen LogP contribution in [-0.4, -0.2) is 20.7 Å². The number of aromatic nitrogens is 3. The topological polar surface area (TPSA) is 73.0 Å². The number of hydrogen-bond donors (Lipinski definition) is 1. The van der Waals surface area contributed by atoms with E-state index in [2.05, 4.69) is 15.4 Å². The summed E-state index contributed by atoms with van der Waals surface area (Å²) in [4.78, 5) is 17.2. The van der Waals surface area contributed by atoms with Crippen molar-refractivity contribution in [2.24, 2.45) is 0 Å². The standard InChI is InChI=1S/C21H17FN4O2/c22-17-10-8-16(9-11-17)14-23-21-24-20(18-7-4-12-28-18)25-26(21)19(27)13-15-5-2-1-3-6-15/h1-12H,13-14H2,(H,23,24,25). The molecule has 0 bridgehead atoms. The third-order valence-corrected chi connectivity index (χ3v) is 4.15. The molecule has 140 valence electrons. The van der Waals surface area contributed by atoms with E-state index in [1.165, 1.54) is 23.1 Å². The zero-order valence-electron chi connectivity index (χ0n) is 14.9. The Morgan fingerprint density at radius 2 is 1.79 bits per heavy atom. The van der Waals surface area contributed by atoms with E-state index in [0.29, 0.717) is 24.1 Å². The van der Waals surface area contributed by atoms with E-state index in [1.807, 2.05) is 30.3 Å². The first-order chi connectivity index (χ1) is 13.7. The van der Waals surface area contributed by atoms with Gasteiger partial charge in [-0.2, -0.15) is 9.67 Å². The van der Waals surface area contributed by atoms with Crippen LogP contribution < -0.4 is 5.32 Å². The Kier molecular flexibility index (Phi) is 4.97. The van der Waals surface area contributed by atoms with Gasteiger partial charge in [-0.05, 0) is 35.4 Å². The summed E-state index contributed by atoms with van der Waals surface area (Å²) >= 11 is 0. The van der Waals surface area contributed by atoms with Crippen LogP contribution in [0, 0.1) is 5.82 Å². The molecule has 0 radical (unpaired) electrons. The van der Waals surface area contributed by atoms with Gasteiger partial charge in [0, 0.05) is 6.54 Å². The van der Waals surface area contributed by atoms with Crippen molar-refractivity contribution in [1.82, 2.24) is 14.8 Å². The van der Waals surface area contributed by atoms with E-state index in [1.54, 1.807) is 24.3 Å². The fourth-order valence-electron chi connectivity index (χ4n) is 2.74. The number of halogens is 1. The summed E-state index contributed by atoms with van der Waals surface area (Å²) in [5, 5.41) is 7.42. The maximum absolute atomic E-state index is 13.1. The fraction of sp³-hybridized carbons (Fsp3) is 0.0952. The largest absolute Gasteiger partial charge is 0.461 e. The van der Waals surface area contributed by atoms with Crippen LogP contribution in [0.4, 0.5) is 10.3 Å². The molecule has 2 aromatic carbocycles. The Bertz CT molecular complexity index is 1060. The normalized spacial score (nSPS) is 10.8.